The number of carbonyl (C=O) groups excluding carboxylic acids is 3. The zero-order valence-electron chi connectivity index (χ0n) is 19.5. The SMILES string of the molecule is COC(=O)c1cnc(C2(NC(=O)c3nn(C)c4c3CN(C(=O)OC(C)(C)C)CC4)CC2)nc1. The average molecular weight is 457 g/mol. The zero-order valence-corrected chi connectivity index (χ0v) is 19.5. The van der Waals surface area contributed by atoms with E-state index in [1.807, 2.05) is 20.8 Å². The summed E-state index contributed by atoms with van der Waals surface area (Å²) in [6.45, 7) is 6.19. The molecule has 1 N–H and O–H groups in total. The lowest BCUT2D eigenvalue weighted by Crippen LogP contribution is -2.41. The van der Waals surface area contributed by atoms with Gasteiger partial charge in [0.25, 0.3) is 5.91 Å². The van der Waals surface area contributed by atoms with E-state index in [0.717, 1.165) is 5.69 Å². The van der Waals surface area contributed by atoms with E-state index in [9.17, 15) is 14.4 Å². The van der Waals surface area contributed by atoms with Crippen LogP contribution in [0.4, 0.5) is 4.79 Å². The summed E-state index contributed by atoms with van der Waals surface area (Å²) in [6.07, 6.45) is 4.30. The van der Waals surface area contributed by atoms with Crippen molar-refractivity contribution in [3.8, 4) is 0 Å². The minimum atomic E-state index is -0.699. The summed E-state index contributed by atoms with van der Waals surface area (Å²) in [7, 11) is 3.08. The maximum Gasteiger partial charge on any atom is 0.410 e. The number of fused-ring (bicyclic) bond motifs is 1. The molecule has 0 aromatic carbocycles. The Balaban J connectivity index is 1.52. The minimum Gasteiger partial charge on any atom is -0.465 e. The van der Waals surface area contributed by atoms with Crippen molar-refractivity contribution >= 4 is 18.0 Å². The van der Waals surface area contributed by atoms with Crippen LogP contribution in [0, 0.1) is 0 Å². The number of aryl methyl sites for hydroxylation is 1. The third-order valence-electron chi connectivity index (χ3n) is 5.71. The Hall–Kier alpha value is -3.50. The van der Waals surface area contributed by atoms with Crippen LogP contribution < -0.4 is 5.32 Å². The highest BCUT2D eigenvalue weighted by Crippen LogP contribution is 2.44. The van der Waals surface area contributed by atoms with Crippen LogP contribution in [0.1, 0.15) is 71.5 Å². The number of nitrogens with one attached hydrogen (secondary N) is 1. The molecule has 3 heterocycles. The Morgan fingerprint density at radius 3 is 2.39 bits per heavy atom. The van der Waals surface area contributed by atoms with Gasteiger partial charge < -0.3 is 19.7 Å². The lowest BCUT2D eigenvalue weighted by Gasteiger charge is -2.30. The van der Waals surface area contributed by atoms with E-state index in [2.05, 4.69) is 25.1 Å². The fourth-order valence-electron chi connectivity index (χ4n) is 3.86. The maximum absolute atomic E-state index is 13.2. The second-order valence-corrected chi connectivity index (χ2v) is 9.37. The van der Waals surface area contributed by atoms with Gasteiger partial charge in [0.05, 0.1) is 19.2 Å². The molecular weight excluding hydrogens is 428 g/mol. The first-order valence-electron chi connectivity index (χ1n) is 10.8. The van der Waals surface area contributed by atoms with E-state index in [0.29, 0.717) is 37.2 Å². The quantitative estimate of drug-likeness (QED) is 0.689. The van der Waals surface area contributed by atoms with Crippen molar-refractivity contribution in [1.82, 2.24) is 30.0 Å². The van der Waals surface area contributed by atoms with Crippen molar-refractivity contribution < 1.29 is 23.9 Å². The standard InChI is InChI=1S/C22H28N6O5/c1-21(2,3)33-20(31)28-9-6-15-14(12-28)16(26-27(15)4)17(29)25-22(7-8-22)19-23-10-13(11-24-19)18(30)32-5/h10-11H,6-9,12H2,1-5H3,(H,25,29). The molecule has 0 spiro atoms. The van der Waals surface area contributed by atoms with Gasteiger partial charge in [-0.15, -0.1) is 0 Å². The molecule has 1 aliphatic heterocycles. The number of carbonyl (C=O) groups is 3. The molecule has 2 aliphatic rings. The van der Waals surface area contributed by atoms with E-state index in [1.54, 1.807) is 16.6 Å². The van der Waals surface area contributed by atoms with Gasteiger partial charge in [0.15, 0.2) is 11.5 Å². The van der Waals surface area contributed by atoms with Crippen LogP contribution in [-0.4, -0.2) is 61.9 Å². The molecule has 2 aromatic heterocycles. The van der Waals surface area contributed by atoms with Crippen molar-refractivity contribution in [2.45, 2.75) is 57.7 Å². The first-order chi connectivity index (χ1) is 15.5. The van der Waals surface area contributed by atoms with E-state index in [4.69, 9.17) is 4.74 Å². The molecule has 176 valence electrons. The fraction of sp³-hybridized carbons (Fsp3) is 0.545. The second-order valence-electron chi connectivity index (χ2n) is 9.37. The number of aromatic nitrogens is 4. The van der Waals surface area contributed by atoms with Crippen molar-refractivity contribution in [3.05, 3.63) is 40.7 Å². The Bertz CT molecular complexity index is 1100. The first kappa shape index (κ1) is 22.7. The third-order valence-corrected chi connectivity index (χ3v) is 5.71. The summed E-state index contributed by atoms with van der Waals surface area (Å²) in [5.41, 5.74) is 0.847. The van der Waals surface area contributed by atoms with Crippen molar-refractivity contribution in [1.29, 1.82) is 0 Å². The molecule has 0 unspecified atom stereocenters. The van der Waals surface area contributed by atoms with Gasteiger partial charge in [0, 0.05) is 43.7 Å². The Kier molecular flexibility index (Phi) is 5.59. The lowest BCUT2D eigenvalue weighted by atomic mass is 10.0. The molecule has 0 saturated heterocycles. The van der Waals surface area contributed by atoms with Gasteiger partial charge in [-0.1, -0.05) is 0 Å². The van der Waals surface area contributed by atoms with E-state index in [-0.39, 0.29) is 23.7 Å². The fourth-order valence-corrected chi connectivity index (χ4v) is 3.86. The molecule has 4 rings (SSSR count). The molecule has 11 nitrogen and oxygen atoms in total. The molecule has 0 bridgehead atoms. The molecule has 0 radical (unpaired) electrons. The highest BCUT2D eigenvalue weighted by atomic mass is 16.6. The Morgan fingerprint density at radius 1 is 1.15 bits per heavy atom. The van der Waals surface area contributed by atoms with Gasteiger partial charge in [-0.2, -0.15) is 5.10 Å². The summed E-state index contributed by atoms with van der Waals surface area (Å²) in [5.74, 6) is -0.440. The molecule has 2 amide bonds. The largest absolute Gasteiger partial charge is 0.465 e. The summed E-state index contributed by atoms with van der Waals surface area (Å²) in [5, 5.41) is 7.46. The normalized spacial score (nSPS) is 16.6. The number of esters is 1. The van der Waals surface area contributed by atoms with Crippen LogP contribution in [0.25, 0.3) is 0 Å². The monoisotopic (exact) mass is 456 g/mol. The Morgan fingerprint density at radius 2 is 1.82 bits per heavy atom. The zero-order chi connectivity index (χ0) is 24.0. The summed E-state index contributed by atoms with van der Waals surface area (Å²) >= 11 is 0. The smallest absolute Gasteiger partial charge is 0.410 e. The van der Waals surface area contributed by atoms with Gasteiger partial charge in [0.1, 0.15) is 11.1 Å². The predicted molar refractivity (Wildman–Crippen MR) is 115 cm³/mol. The van der Waals surface area contributed by atoms with Crippen LogP contribution in [0.2, 0.25) is 0 Å². The Labute approximate surface area is 191 Å². The van der Waals surface area contributed by atoms with E-state index >= 15 is 0 Å². The van der Waals surface area contributed by atoms with E-state index in [1.165, 1.54) is 19.5 Å². The highest BCUT2D eigenvalue weighted by Gasteiger charge is 2.49. The number of hydrogen-bond acceptors (Lipinski definition) is 8. The van der Waals surface area contributed by atoms with Crippen LogP contribution in [-0.2, 0) is 35.0 Å². The third kappa shape index (κ3) is 4.53. The van der Waals surface area contributed by atoms with Crippen LogP contribution in [0.5, 0.6) is 0 Å². The van der Waals surface area contributed by atoms with Crippen LogP contribution in [0.15, 0.2) is 12.4 Å². The summed E-state index contributed by atoms with van der Waals surface area (Å²) < 4.78 is 11.9. The molecule has 1 aliphatic carbocycles. The average Bonchev–Trinajstić information content (AvgIpc) is 3.47. The second kappa shape index (κ2) is 8.13. The predicted octanol–water partition coefficient (Wildman–Crippen LogP) is 1.71. The molecule has 1 fully saturated rings. The lowest BCUT2D eigenvalue weighted by molar-refractivity contribution is 0.0221. The number of methoxy groups -OCH3 is 1. The van der Waals surface area contributed by atoms with Crippen molar-refractivity contribution in [3.63, 3.8) is 0 Å². The van der Waals surface area contributed by atoms with E-state index < -0.39 is 23.2 Å². The van der Waals surface area contributed by atoms with Gasteiger partial charge in [-0.05, 0) is 33.6 Å². The minimum absolute atomic E-state index is 0.240. The molecule has 11 heteroatoms. The summed E-state index contributed by atoms with van der Waals surface area (Å²) in [4.78, 5) is 47.5. The number of rotatable bonds is 4. The van der Waals surface area contributed by atoms with Gasteiger partial charge in [0.2, 0.25) is 0 Å². The molecular formula is C22H28N6O5. The molecule has 0 atom stereocenters. The van der Waals surface area contributed by atoms with Crippen LogP contribution >= 0.6 is 0 Å². The number of amides is 2. The number of nitrogens with zero attached hydrogens (tertiary/aromatic N) is 5. The van der Waals surface area contributed by atoms with Crippen molar-refractivity contribution in [2.24, 2.45) is 7.05 Å². The molecule has 33 heavy (non-hydrogen) atoms. The summed E-state index contributed by atoms with van der Waals surface area (Å²) in [6, 6.07) is 0. The highest BCUT2D eigenvalue weighted by molar-refractivity contribution is 5.95. The number of hydrogen-bond donors (Lipinski definition) is 1. The first-order valence-corrected chi connectivity index (χ1v) is 10.8. The van der Waals surface area contributed by atoms with Gasteiger partial charge in [-0.3, -0.25) is 9.48 Å². The van der Waals surface area contributed by atoms with Gasteiger partial charge in [-0.25, -0.2) is 19.6 Å². The number of ether oxygens (including phenoxy) is 2. The van der Waals surface area contributed by atoms with Crippen molar-refractivity contribution in [2.75, 3.05) is 13.7 Å². The maximum atomic E-state index is 13.2. The molecule has 2 aromatic rings. The van der Waals surface area contributed by atoms with Crippen LogP contribution in [0.3, 0.4) is 0 Å². The van der Waals surface area contributed by atoms with Gasteiger partial charge >= 0.3 is 12.1 Å². The topological polar surface area (TPSA) is 129 Å². The molecule has 1 saturated carbocycles.